The van der Waals surface area contributed by atoms with Gasteiger partial charge in [0.05, 0.1) is 12.7 Å². The Morgan fingerprint density at radius 2 is 1.31 bits per heavy atom. The molecule has 2 aliphatic heterocycles. The molecule has 0 bridgehead atoms. The molecular formula is C25H24BrNO5. The highest BCUT2D eigenvalue weighted by molar-refractivity contribution is 9.10. The zero-order valence-electron chi connectivity index (χ0n) is 17.3. The molecule has 6 atom stereocenters. The van der Waals surface area contributed by atoms with Gasteiger partial charge in [0.1, 0.15) is 18.3 Å². The first kappa shape index (κ1) is 21.7. The van der Waals surface area contributed by atoms with Crippen LogP contribution < -0.4 is 0 Å². The number of ether oxygens (including phenoxy) is 4. The van der Waals surface area contributed by atoms with E-state index in [9.17, 15) is 5.11 Å². The molecule has 0 saturated carbocycles. The molecule has 2 aliphatic rings. The second-order valence-electron chi connectivity index (χ2n) is 7.89. The summed E-state index contributed by atoms with van der Waals surface area (Å²) in [5.74, 6) is 0. The number of fused-ring (bicyclic) bond motifs is 1. The smallest absolute Gasteiger partial charge is 0.184 e. The minimum absolute atomic E-state index is 0.182. The molecular weight excluding hydrogens is 474 g/mol. The molecule has 3 heterocycles. The third-order valence-corrected chi connectivity index (χ3v) is 6.58. The van der Waals surface area contributed by atoms with Crippen molar-refractivity contribution < 1.29 is 24.1 Å². The van der Waals surface area contributed by atoms with E-state index in [1.165, 1.54) is 0 Å². The van der Waals surface area contributed by atoms with Gasteiger partial charge in [0.2, 0.25) is 0 Å². The molecule has 32 heavy (non-hydrogen) atoms. The van der Waals surface area contributed by atoms with Crippen LogP contribution in [0.15, 0.2) is 83.6 Å². The van der Waals surface area contributed by atoms with Crippen LogP contribution in [0, 0.1) is 0 Å². The van der Waals surface area contributed by atoms with Gasteiger partial charge in [-0.3, -0.25) is 4.98 Å². The summed E-state index contributed by atoms with van der Waals surface area (Å²) in [6, 6.07) is 21.4. The molecule has 0 radical (unpaired) electrons. The van der Waals surface area contributed by atoms with Gasteiger partial charge in [-0.25, -0.2) is 0 Å². The molecule has 3 aromatic rings. The van der Waals surface area contributed by atoms with Crippen molar-refractivity contribution in [2.75, 3.05) is 6.61 Å². The summed E-state index contributed by atoms with van der Waals surface area (Å²) in [6.45, 7) is -0.182. The van der Waals surface area contributed by atoms with Crippen LogP contribution >= 0.6 is 15.9 Å². The number of aromatic nitrogens is 1. The maximum absolute atomic E-state index is 10.2. The van der Waals surface area contributed by atoms with Gasteiger partial charge in [0.25, 0.3) is 0 Å². The monoisotopic (exact) mass is 497 g/mol. The number of halogens is 1. The Morgan fingerprint density at radius 1 is 0.750 bits per heavy atom. The highest BCUT2D eigenvalue weighted by Crippen LogP contribution is 2.41. The van der Waals surface area contributed by atoms with Crippen molar-refractivity contribution in [3.8, 4) is 0 Å². The van der Waals surface area contributed by atoms with Crippen molar-refractivity contribution in [3.63, 3.8) is 0 Å². The van der Waals surface area contributed by atoms with Crippen LogP contribution in [0.5, 0.6) is 0 Å². The molecule has 0 aliphatic carbocycles. The average molecular weight is 498 g/mol. The van der Waals surface area contributed by atoms with Crippen LogP contribution in [0.4, 0.5) is 0 Å². The molecule has 1 N–H and O–H groups in total. The average Bonchev–Trinajstić information content (AvgIpc) is 2.86. The zero-order valence-corrected chi connectivity index (χ0v) is 18.9. The van der Waals surface area contributed by atoms with Crippen molar-refractivity contribution in [2.45, 2.75) is 43.4 Å². The maximum atomic E-state index is 10.2. The fourth-order valence-electron chi connectivity index (χ4n) is 4.20. The lowest BCUT2D eigenvalue weighted by molar-refractivity contribution is -0.384. The molecule has 166 valence electrons. The standard InChI is InChI=1S/C25H24BrNO5/c26-19-11-12-27-14-18(19)13-20-22-23(32-24(29-20)16-7-3-1-4-8-16)21(15-28)30-25(31-22)17-9-5-2-6-10-17/h1-12,14,20-25,28H,13,15H2. The quantitative estimate of drug-likeness (QED) is 0.565. The Kier molecular flexibility index (Phi) is 6.64. The highest BCUT2D eigenvalue weighted by atomic mass is 79.9. The number of nitrogens with zero attached hydrogens (tertiary/aromatic N) is 1. The summed E-state index contributed by atoms with van der Waals surface area (Å²) in [6.07, 6.45) is 1.14. The Hall–Kier alpha value is -2.13. The van der Waals surface area contributed by atoms with E-state index in [0.29, 0.717) is 6.42 Å². The van der Waals surface area contributed by atoms with Crippen LogP contribution in [0.3, 0.4) is 0 Å². The van der Waals surface area contributed by atoms with Crippen LogP contribution in [-0.2, 0) is 25.4 Å². The summed E-state index contributed by atoms with van der Waals surface area (Å²) in [5.41, 5.74) is 2.80. The topological polar surface area (TPSA) is 70.0 Å². The summed E-state index contributed by atoms with van der Waals surface area (Å²) in [5, 5.41) is 10.2. The number of rotatable bonds is 5. The van der Waals surface area contributed by atoms with Gasteiger partial charge in [-0.15, -0.1) is 0 Å². The van der Waals surface area contributed by atoms with Crippen LogP contribution in [0.1, 0.15) is 29.3 Å². The van der Waals surface area contributed by atoms with Crippen molar-refractivity contribution in [1.29, 1.82) is 0 Å². The van der Waals surface area contributed by atoms with Crippen molar-refractivity contribution in [2.24, 2.45) is 0 Å². The van der Waals surface area contributed by atoms with E-state index in [4.69, 9.17) is 18.9 Å². The summed E-state index contributed by atoms with van der Waals surface area (Å²) in [4.78, 5) is 4.26. The van der Waals surface area contributed by atoms with Crippen molar-refractivity contribution >= 4 is 15.9 Å². The van der Waals surface area contributed by atoms with E-state index < -0.39 is 30.9 Å². The Morgan fingerprint density at radius 3 is 1.88 bits per heavy atom. The molecule has 6 nitrogen and oxygen atoms in total. The Bertz CT molecular complexity index is 1020. The lowest BCUT2D eigenvalue weighted by Gasteiger charge is -2.49. The first-order valence-corrected chi connectivity index (χ1v) is 11.4. The number of aliphatic hydroxyl groups excluding tert-OH is 1. The molecule has 2 fully saturated rings. The second-order valence-corrected chi connectivity index (χ2v) is 8.74. The number of hydrogen-bond acceptors (Lipinski definition) is 6. The third kappa shape index (κ3) is 4.50. The van der Waals surface area contributed by atoms with E-state index in [0.717, 1.165) is 21.2 Å². The molecule has 5 rings (SSSR count). The fraction of sp³-hybridized carbons (Fsp3) is 0.320. The van der Waals surface area contributed by atoms with Gasteiger partial charge in [-0.2, -0.15) is 0 Å². The predicted molar refractivity (Wildman–Crippen MR) is 121 cm³/mol. The molecule has 6 unspecified atom stereocenters. The fourth-order valence-corrected chi connectivity index (χ4v) is 4.58. The first-order chi connectivity index (χ1) is 15.7. The third-order valence-electron chi connectivity index (χ3n) is 5.80. The van der Waals surface area contributed by atoms with E-state index >= 15 is 0 Å². The molecule has 7 heteroatoms. The Balaban J connectivity index is 1.48. The van der Waals surface area contributed by atoms with Crippen LogP contribution in [0.25, 0.3) is 0 Å². The Labute approximate surface area is 195 Å². The van der Waals surface area contributed by atoms with Gasteiger partial charge >= 0.3 is 0 Å². The normalized spacial score (nSPS) is 29.9. The summed E-state index contributed by atoms with van der Waals surface area (Å²) < 4.78 is 26.2. The summed E-state index contributed by atoms with van der Waals surface area (Å²) >= 11 is 3.61. The lowest BCUT2D eigenvalue weighted by atomic mass is 9.94. The van der Waals surface area contributed by atoms with Gasteiger partial charge in [0.15, 0.2) is 12.6 Å². The van der Waals surface area contributed by atoms with Crippen LogP contribution in [0.2, 0.25) is 0 Å². The predicted octanol–water partition coefficient (Wildman–Crippen LogP) is 4.34. The molecule has 2 aromatic carbocycles. The molecule has 2 saturated heterocycles. The van der Waals surface area contributed by atoms with Crippen molar-refractivity contribution in [3.05, 3.63) is 100 Å². The van der Waals surface area contributed by atoms with Crippen LogP contribution in [-0.4, -0.2) is 41.1 Å². The molecule has 0 spiro atoms. The second kappa shape index (κ2) is 9.79. The van der Waals surface area contributed by atoms with E-state index in [-0.39, 0.29) is 12.7 Å². The minimum Gasteiger partial charge on any atom is -0.394 e. The van der Waals surface area contributed by atoms with Crippen molar-refractivity contribution in [1.82, 2.24) is 4.98 Å². The van der Waals surface area contributed by atoms with Gasteiger partial charge in [0, 0.05) is 34.4 Å². The largest absolute Gasteiger partial charge is 0.394 e. The molecule has 0 amide bonds. The number of hydrogen-bond donors (Lipinski definition) is 1. The van der Waals surface area contributed by atoms with Gasteiger partial charge in [-0.1, -0.05) is 76.6 Å². The SMILES string of the molecule is OCC1OC(c2ccccc2)OC2C(Cc3cnccc3Br)OC(c3ccccc3)OC12. The first-order valence-electron chi connectivity index (χ1n) is 10.6. The zero-order chi connectivity index (χ0) is 21.9. The number of pyridine rings is 1. The molecule has 1 aromatic heterocycles. The number of benzene rings is 2. The van der Waals surface area contributed by atoms with E-state index in [2.05, 4.69) is 20.9 Å². The number of aliphatic hydroxyl groups is 1. The van der Waals surface area contributed by atoms with E-state index in [1.807, 2.05) is 72.9 Å². The van der Waals surface area contributed by atoms with E-state index in [1.54, 1.807) is 6.20 Å². The van der Waals surface area contributed by atoms with Gasteiger partial charge < -0.3 is 24.1 Å². The summed E-state index contributed by atoms with van der Waals surface area (Å²) in [7, 11) is 0. The lowest BCUT2D eigenvalue weighted by Crippen LogP contribution is -2.59. The highest BCUT2D eigenvalue weighted by Gasteiger charge is 2.50. The minimum atomic E-state index is -0.616. The van der Waals surface area contributed by atoms with Gasteiger partial charge in [-0.05, 0) is 11.6 Å². The maximum Gasteiger partial charge on any atom is 0.184 e.